The molecule has 4 heterocycles. The third-order valence-electron chi connectivity index (χ3n) is 5.48. The van der Waals surface area contributed by atoms with E-state index in [2.05, 4.69) is 25.6 Å². The van der Waals surface area contributed by atoms with Gasteiger partial charge in [-0.15, -0.1) is 11.3 Å². The molecule has 0 radical (unpaired) electrons. The number of hydrogen-bond donors (Lipinski definition) is 3. The molecule has 1 unspecified atom stereocenters. The summed E-state index contributed by atoms with van der Waals surface area (Å²) in [6, 6.07) is -0.248. The molecule has 3 aromatic heterocycles. The zero-order valence-electron chi connectivity index (χ0n) is 19.3. The Kier molecular flexibility index (Phi) is 7.83. The fourth-order valence-corrected chi connectivity index (χ4v) is 7.99. The third kappa shape index (κ3) is 6.06. The van der Waals surface area contributed by atoms with E-state index in [0.29, 0.717) is 19.6 Å². The van der Waals surface area contributed by atoms with Crippen molar-refractivity contribution in [2.75, 3.05) is 43.4 Å². The van der Waals surface area contributed by atoms with E-state index in [1.165, 1.54) is 11.2 Å². The quantitative estimate of drug-likeness (QED) is 0.343. The molecule has 202 valence electrons. The number of thiazole rings is 1. The number of piperazine rings is 1. The molecule has 1 fully saturated rings. The number of nitrogens with one attached hydrogen (secondary N) is 2. The van der Waals surface area contributed by atoms with Crippen LogP contribution in [0.25, 0.3) is 10.2 Å². The van der Waals surface area contributed by atoms with Crippen molar-refractivity contribution in [2.24, 2.45) is 0 Å². The van der Waals surface area contributed by atoms with Gasteiger partial charge in [0.2, 0.25) is 5.28 Å². The van der Waals surface area contributed by atoms with E-state index in [9.17, 15) is 26.4 Å². The lowest BCUT2D eigenvalue weighted by Crippen LogP contribution is -2.50. The zero-order chi connectivity index (χ0) is 27.1. The highest BCUT2D eigenvalue weighted by Crippen LogP contribution is 2.40. The van der Waals surface area contributed by atoms with Crippen molar-refractivity contribution < 1.29 is 31.5 Å². The average Bonchev–Trinajstić information content (AvgIpc) is 3.37. The minimum absolute atomic E-state index is 0.0152. The minimum atomic E-state index is -4.56. The van der Waals surface area contributed by atoms with Gasteiger partial charge in [-0.25, -0.2) is 23.2 Å². The monoisotopic (exact) mass is 599 g/mol. The summed E-state index contributed by atoms with van der Waals surface area (Å²) >= 11 is 7.52. The number of alkyl halides is 3. The lowest BCUT2D eigenvalue weighted by Gasteiger charge is -2.35. The number of hydrogen-bond acceptors (Lipinski definition) is 10. The first-order valence-electron chi connectivity index (χ1n) is 10.7. The largest absolute Gasteiger partial charge is 0.465 e. The normalized spacial score (nSPS) is 16.7. The molecule has 1 saturated heterocycles. The molecule has 4 rings (SSSR count). The van der Waals surface area contributed by atoms with Crippen molar-refractivity contribution >= 4 is 71.6 Å². The van der Waals surface area contributed by atoms with E-state index in [1.807, 2.05) is 11.8 Å². The fraction of sp³-hybridized carbons (Fsp3) is 0.474. The SMILES string of the molecule is Cc1nc(NC(=O)O)sc1S(=O)(=O)N1CCN(CC(C)Nc2nc(Cl)nc3c(C(F)(F)F)csc23)CC1. The number of nitrogens with zero attached hydrogens (tertiary/aromatic N) is 5. The number of fused-ring (bicyclic) bond motifs is 1. The van der Waals surface area contributed by atoms with Gasteiger partial charge in [-0.2, -0.15) is 22.5 Å². The van der Waals surface area contributed by atoms with Gasteiger partial charge >= 0.3 is 12.3 Å². The highest BCUT2D eigenvalue weighted by atomic mass is 35.5. The first-order valence-corrected chi connectivity index (χ1v) is 14.3. The number of aryl methyl sites for hydroxylation is 1. The van der Waals surface area contributed by atoms with E-state index in [0.717, 1.165) is 28.1 Å². The lowest BCUT2D eigenvalue weighted by atomic mass is 10.2. The summed E-state index contributed by atoms with van der Waals surface area (Å²) < 4.78 is 67.6. The highest BCUT2D eigenvalue weighted by Gasteiger charge is 2.36. The molecule has 0 saturated carbocycles. The second-order valence-corrected chi connectivity index (χ2v) is 12.6. The van der Waals surface area contributed by atoms with Crippen LogP contribution in [0.1, 0.15) is 18.2 Å². The average molecular weight is 600 g/mol. The molecular weight excluding hydrogens is 579 g/mol. The Balaban J connectivity index is 1.39. The smallest absolute Gasteiger partial charge is 0.419 e. The van der Waals surface area contributed by atoms with Crippen LogP contribution >= 0.6 is 34.3 Å². The van der Waals surface area contributed by atoms with Gasteiger partial charge in [0, 0.05) is 44.1 Å². The summed E-state index contributed by atoms with van der Waals surface area (Å²) in [5, 5.41) is 14.7. The van der Waals surface area contributed by atoms with Crippen LogP contribution in [0.15, 0.2) is 9.59 Å². The van der Waals surface area contributed by atoms with Gasteiger partial charge in [0.05, 0.1) is 16.0 Å². The molecule has 1 amide bonds. The molecule has 0 aliphatic carbocycles. The molecule has 1 atom stereocenters. The molecule has 1 aliphatic rings. The molecule has 0 spiro atoms. The summed E-state index contributed by atoms with van der Waals surface area (Å²) in [5.41, 5.74) is -0.913. The molecule has 0 bridgehead atoms. The second-order valence-electron chi connectivity index (χ2n) is 8.24. The van der Waals surface area contributed by atoms with Crippen molar-refractivity contribution in [3.8, 4) is 0 Å². The molecule has 1 aliphatic heterocycles. The second kappa shape index (κ2) is 10.5. The maximum Gasteiger partial charge on any atom is 0.419 e. The van der Waals surface area contributed by atoms with Gasteiger partial charge in [0.1, 0.15) is 11.3 Å². The molecule has 37 heavy (non-hydrogen) atoms. The Morgan fingerprint density at radius 1 is 1.24 bits per heavy atom. The van der Waals surface area contributed by atoms with Crippen LogP contribution in [0.2, 0.25) is 5.28 Å². The zero-order valence-corrected chi connectivity index (χ0v) is 22.5. The number of halogens is 4. The molecule has 11 nitrogen and oxygen atoms in total. The van der Waals surface area contributed by atoms with Crippen molar-refractivity contribution in [2.45, 2.75) is 30.3 Å². The number of carboxylic acid groups (broad SMARTS) is 1. The summed E-state index contributed by atoms with van der Waals surface area (Å²) in [5.74, 6) is 0.204. The Labute approximate surface area is 222 Å². The molecular formula is C19H21ClF3N7O4S3. The van der Waals surface area contributed by atoms with E-state index in [1.54, 1.807) is 0 Å². The third-order valence-corrected chi connectivity index (χ3v) is 10.2. The number of anilines is 2. The first kappa shape index (κ1) is 27.7. The van der Waals surface area contributed by atoms with Crippen LogP contribution in [-0.2, 0) is 16.2 Å². The van der Waals surface area contributed by atoms with Gasteiger partial charge in [-0.1, -0.05) is 11.3 Å². The standard InChI is InChI=1S/C19H21ClF3N7O4S3/c1-9(24-14-13-12(26-16(20)27-14)11(8-35-13)19(21,22)23)7-29-3-5-30(6-4-29)37(33,34)15-10(2)25-17(36-15)28-18(31)32/h8-9H,3-7H2,1-2H3,(H,25,28)(H,31,32)(H,24,26,27). The Morgan fingerprint density at radius 2 is 1.92 bits per heavy atom. The van der Waals surface area contributed by atoms with Gasteiger partial charge in [0.15, 0.2) is 9.34 Å². The van der Waals surface area contributed by atoms with Crippen LogP contribution in [0.5, 0.6) is 0 Å². The topological polar surface area (TPSA) is 141 Å². The Bertz CT molecular complexity index is 1420. The van der Waals surface area contributed by atoms with Crippen molar-refractivity contribution in [1.82, 2.24) is 24.2 Å². The van der Waals surface area contributed by atoms with E-state index >= 15 is 0 Å². The molecule has 3 N–H and O–H groups in total. The van der Waals surface area contributed by atoms with Crippen LogP contribution < -0.4 is 10.6 Å². The first-order chi connectivity index (χ1) is 17.3. The van der Waals surface area contributed by atoms with Gasteiger partial charge < -0.3 is 10.4 Å². The summed E-state index contributed by atoms with van der Waals surface area (Å²) in [7, 11) is -3.85. The number of carbonyl (C=O) groups is 1. The van der Waals surface area contributed by atoms with Crippen molar-refractivity contribution in [3.05, 3.63) is 21.9 Å². The number of thiophene rings is 1. The summed E-state index contributed by atoms with van der Waals surface area (Å²) in [4.78, 5) is 24.7. The van der Waals surface area contributed by atoms with Crippen LogP contribution in [0.4, 0.5) is 28.9 Å². The maximum atomic E-state index is 13.3. The van der Waals surface area contributed by atoms with E-state index in [-0.39, 0.29) is 55.5 Å². The minimum Gasteiger partial charge on any atom is -0.465 e. The number of sulfonamides is 1. The van der Waals surface area contributed by atoms with Crippen LogP contribution in [-0.4, -0.2) is 82.5 Å². The Hall–Kier alpha value is -2.31. The lowest BCUT2D eigenvalue weighted by molar-refractivity contribution is -0.136. The number of amides is 1. The molecule has 18 heteroatoms. The highest BCUT2D eigenvalue weighted by molar-refractivity contribution is 7.91. The van der Waals surface area contributed by atoms with E-state index < -0.39 is 27.9 Å². The summed E-state index contributed by atoms with van der Waals surface area (Å²) in [6.45, 7) is 5.05. The Morgan fingerprint density at radius 3 is 2.54 bits per heavy atom. The molecule has 0 aromatic carbocycles. The van der Waals surface area contributed by atoms with Gasteiger partial charge in [-0.05, 0) is 25.4 Å². The predicted octanol–water partition coefficient (Wildman–Crippen LogP) is 4.03. The fourth-order valence-electron chi connectivity index (χ4n) is 3.89. The predicted molar refractivity (Wildman–Crippen MR) is 134 cm³/mol. The van der Waals surface area contributed by atoms with Crippen molar-refractivity contribution in [1.29, 1.82) is 0 Å². The van der Waals surface area contributed by atoms with Gasteiger partial charge in [-0.3, -0.25) is 10.2 Å². The van der Waals surface area contributed by atoms with E-state index in [4.69, 9.17) is 16.7 Å². The number of aromatic nitrogens is 3. The van der Waals surface area contributed by atoms with Crippen molar-refractivity contribution in [3.63, 3.8) is 0 Å². The molecule has 3 aromatic rings. The van der Waals surface area contributed by atoms with Crippen LogP contribution in [0, 0.1) is 6.92 Å². The number of rotatable bonds is 7. The summed E-state index contributed by atoms with van der Waals surface area (Å²) in [6.07, 6.45) is -5.90. The maximum absolute atomic E-state index is 13.3. The van der Waals surface area contributed by atoms with Crippen LogP contribution in [0.3, 0.4) is 0 Å². The van der Waals surface area contributed by atoms with Gasteiger partial charge in [0.25, 0.3) is 10.0 Å².